The van der Waals surface area contributed by atoms with Gasteiger partial charge in [0.1, 0.15) is 0 Å². The fourth-order valence-electron chi connectivity index (χ4n) is 2.64. The van der Waals surface area contributed by atoms with Crippen LogP contribution in [0.5, 0.6) is 0 Å². The van der Waals surface area contributed by atoms with Crippen LogP contribution in [0.4, 0.5) is 0 Å². The lowest BCUT2D eigenvalue weighted by molar-refractivity contribution is -0.121. The standard InChI is InChI=1S/C15H26N4OS.2ClH/c1-12-18-14(11-21-12)10-19-7-4-13(5-8-19)9-17-15(20)3-6-16-2;;/h11,13,16H,3-10H2,1-2H3,(H,17,20);2*1H. The summed E-state index contributed by atoms with van der Waals surface area (Å²) < 4.78 is 0. The number of aromatic nitrogens is 1. The first-order chi connectivity index (χ1) is 10.2. The molecule has 2 N–H and O–H groups in total. The van der Waals surface area contributed by atoms with Gasteiger partial charge in [0.05, 0.1) is 10.7 Å². The average molecular weight is 383 g/mol. The van der Waals surface area contributed by atoms with Crippen molar-refractivity contribution in [1.82, 2.24) is 20.5 Å². The van der Waals surface area contributed by atoms with E-state index in [1.807, 2.05) is 7.05 Å². The second kappa shape index (κ2) is 12.0. The van der Waals surface area contributed by atoms with Gasteiger partial charge in [-0.15, -0.1) is 36.2 Å². The number of carbonyl (C=O) groups is 1. The van der Waals surface area contributed by atoms with Gasteiger partial charge in [0.15, 0.2) is 0 Å². The van der Waals surface area contributed by atoms with Crippen molar-refractivity contribution < 1.29 is 4.79 Å². The summed E-state index contributed by atoms with van der Waals surface area (Å²) in [6.07, 6.45) is 2.89. The minimum atomic E-state index is 0. The zero-order valence-corrected chi connectivity index (χ0v) is 16.3. The van der Waals surface area contributed by atoms with Gasteiger partial charge in [0, 0.05) is 31.4 Å². The Bertz CT molecular complexity index is 450. The van der Waals surface area contributed by atoms with Crippen LogP contribution < -0.4 is 10.6 Å². The number of aryl methyl sites for hydroxylation is 1. The first-order valence-corrected chi connectivity index (χ1v) is 8.60. The molecule has 1 aromatic heterocycles. The number of thiazole rings is 1. The molecule has 0 saturated carbocycles. The lowest BCUT2D eigenvalue weighted by atomic mass is 9.96. The third-order valence-electron chi connectivity index (χ3n) is 3.95. The highest BCUT2D eigenvalue weighted by atomic mass is 35.5. The highest BCUT2D eigenvalue weighted by Crippen LogP contribution is 2.19. The Hall–Kier alpha value is -0.400. The number of likely N-dealkylation sites (tertiary alicyclic amines) is 1. The van der Waals surface area contributed by atoms with E-state index in [0.29, 0.717) is 12.3 Å². The number of amides is 1. The van der Waals surface area contributed by atoms with Crippen LogP contribution in [-0.4, -0.2) is 49.0 Å². The normalized spacial score (nSPS) is 15.6. The molecule has 0 radical (unpaired) electrons. The number of halogens is 2. The van der Waals surface area contributed by atoms with Crippen molar-refractivity contribution in [2.45, 2.75) is 32.7 Å². The summed E-state index contributed by atoms with van der Waals surface area (Å²) in [5, 5.41) is 9.34. The van der Waals surface area contributed by atoms with Gasteiger partial charge in [0.2, 0.25) is 5.91 Å². The van der Waals surface area contributed by atoms with Crippen molar-refractivity contribution in [2.75, 3.05) is 33.2 Å². The molecule has 0 atom stereocenters. The van der Waals surface area contributed by atoms with Crippen LogP contribution >= 0.6 is 36.2 Å². The molecule has 23 heavy (non-hydrogen) atoms. The molecular weight excluding hydrogens is 355 g/mol. The van der Waals surface area contributed by atoms with Gasteiger partial charge >= 0.3 is 0 Å². The van der Waals surface area contributed by atoms with E-state index in [-0.39, 0.29) is 30.7 Å². The highest BCUT2D eigenvalue weighted by Gasteiger charge is 2.20. The van der Waals surface area contributed by atoms with E-state index in [1.54, 1.807) is 11.3 Å². The smallest absolute Gasteiger partial charge is 0.221 e. The van der Waals surface area contributed by atoms with Gasteiger partial charge in [-0.3, -0.25) is 9.69 Å². The molecular formula is C15H28Cl2N4OS. The van der Waals surface area contributed by atoms with E-state index in [1.165, 1.54) is 5.69 Å². The summed E-state index contributed by atoms with van der Waals surface area (Å²) in [7, 11) is 1.87. The maximum atomic E-state index is 11.6. The molecule has 134 valence electrons. The summed E-state index contributed by atoms with van der Waals surface area (Å²) >= 11 is 1.72. The van der Waals surface area contributed by atoms with Crippen molar-refractivity contribution in [3.05, 3.63) is 16.1 Å². The van der Waals surface area contributed by atoms with E-state index in [2.05, 4.69) is 32.8 Å². The molecule has 5 nitrogen and oxygen atoms in total. The number of nitrogens with zero attached hydrogens (tertiary/aromatic N) is 2. The van der Waals surface area contributed by atoms with E-state index < -0.39 is 0 Å². The van der Waals surface area contributed by atoms with Gasteiger partial charge in [-0.1, -0.05) is 0 Å². The predicted octanol–water partition coefficient (Wildman–Crippen LogP) is 2.23. The summed E-state index contributed by atoms with van der Waals surface area (Å²) in [6, 6.07) is 0. The minimum absolute atomic E-state index is 0. The Labute approximate surface area is 155 Å². The fourth-order valence-corrected chi connectivity index (χ4v) is 3.25. The van der Waals surface area contributed by atoms with Crippen LogP contribution in [0.25, 0.3) is 0 Å². The SMILES string of the molecule is CNCCC(=O)NCC1CCN(Cc2csc(C)n2)CC1.Cl.Cl. The lowest BCUT2D eigenvalue weighted by Gasteiger charge is -2.31. The van der Waals surface area contributed by atoms with Crippen LogP contribution in [0.15, 0.2) is 5.38 Å². The molecule has 1 amide bonds. The van der Waals surface area contributed by atoms with E-state index >= 15 is 0 Å². The summed E-state index contributed by atoms with van der Waals surface area (Å²) in [5.74, 6) is 0.779. The summed E-state index contributed by atoms with van der Waals surface area (Å²) in [5.41, 5.74) is 1.19. The van der Waals surface area contributed by atoms with Gasteiger partial charge in [-0.2, -0.15) is 0 Å². The lowest BCUT2D eigenvalue weighted by Crippen LogP contribution is -2.38. The van der Waals surface area contributed by atoms with Crippen LogP contribution in [0, 0.1) is 12.8 Å². The molecule has 0 spiro atoms. The van der Waals surface area contributed by atoms with Gasteiger partial charge < -0.3 is 10.6 Å². The summed E-state index contributed by atoms with van der Waals surface area (Å²) in [6.45, 7) is 6.80. The molecule has 1 aliphatic heterocycles. The fraction of sp³-hybridized carbons (Fsp3) is 0.733. The molecule has 0 aliphatic carbocycles. The maximum Gasteiger partial charge on any atom is 0.221 e. The zero-order valence-electron chi connectivity index (χ0n) is 13.8. The van der Waals surface area contributed by atoms with Gasteiger partial charge in [-0.25, -0.2) is 4.98 Å². The number of piperidine rings is 1. The predicted molar refractivity (Wildman–Crippen MR) is 101 cm³/mol. The second-order valence-electron chi connectivity index (χ2n) is 5.74. The molecule has 1 aromatic rings. The van der Waals surface area contributed by atoms with Crippen LogP contribution in [-0.2, 0) is 11.3 Å². The Morgan fingerprint density at radius 1 is 1.39 bits per heavy atom. The number of nitrogens with one attached hydrogen (secondary N) is 2. The molecule has 1 fully saturated rings. The van der Waals surface area contributed by atoms with Crippen molar-refractivity contribution in [2.24, 2.45) is 5.92 Å². The molecule has 1 aliphatic rings. The van der Waals surface area contributed by atoms with Crippen molar-refractivity contribution >= 4 is 42.1 Å². The second-order valence-corrected chi connectivity index (χ2v) is 6.80. The minimum Gasteiger partial charge on any atom is -0.356 e. The largest absolute Gasteiger partial charge is 0.356 e. The average Bonchev–Trinajstić information content (AvgIpc) is 2.89. The highest BCUT2D eigenvalue weighted by molar-refractivity contribution is 7.09. The van der Waals surface area contributed by atoms with Crippen molar-refractivity contribution in [1.29, 1.82) is 0 Å². The molecule has 0 aromatic carbocycles. The summed E-state index contributed by atoms with van der Waals surface area (Å²) in [4.78, 5) is 18.6. The Morgan fingerprint density at radius 3 is 2.65 bits per heavy atom. The van der Waals surface area contributed by atoms with Gasteiger partial charge in [-0.05, 0) is 45.8 Å². The first kappa shape index (κ1) is 22.6. The van der Waals surface area contributed by atoms with Crippen LogP contribution in [0.2, 0.25) is 0 Å². The Morgan fingerprint density at radius 2 is 2.09 bits per heavy atom. The molecule has 1 saturated heterocycles. The third-order valence-corrected chi connectivity index (χ3v) is 4.77. The number of hydrogen-bond acceptors (Lipinski definition) is 5. The Kier molecular flexibility index (Phi) is 11.8. The molecule has 0 bridgehead atoms. The molecule has 2 heterocycles. The van der Waals surface area contributed by atoms with Crippen molar-refractivity contribution in [3.8, 4) is 0 Å². The van der Waals surface area contributed by atoms with E-state index in [9.17, 15) is 4.79 Å². The van der Waals surface area contributed by atoms with E-state index in [4.69, 9.17) is 0 Å². The topological polar surface area (TPSA) is 57.3 Å². The van der Waals surface area contributed by atoms with Crippen LogP contribution in [0.1, 0.15) is 30.0 Å². The van der Waals surface area contributed by atoms with Crippen LogP contribution in [0.3, 0.4) is 0 Å². The molecule has 0 unspecified atom stereocenters. The van der Waals surface area contributed by atoms with Gasteiger partial charge in [0.25, 0.3) is 0 Å². The van der Waals surface area contributed by atoms with E-state index in [0.717, 1.165) is 50.6 Å². The Balaban J connectivity index is 0.00000242. The zero-order chi connectivity index (χ0) is 15.1. The third kappa shape index (κ3) is 8.31. The monoisotopic (exact) mass is 382 g/mol. The van der Waals surface area contributed by atoms with Crippen molar-refractivity contribution in [3.63, 3.8) is 0 Å². The number of rotatable bonds is 7. The molecule has 8 heteroatoms. The maximum absolute atomic E-state index is 11.6. The number of hydrogen-bond donors (Lipinski definition) is 2. The number of carbonyl (C=O) groups excluding carboxylic acids is 1. The molecule has 2 rings (SSSR count). The quantitative estimate of drug-likeness (QED) is 0.758. The first-order valence-electron chi connectivity index (χ1n) is 7.72.